The van der Waals surface area contributed by atoms with Gasteiger partial charge in [-0.25, -0.2) is 0 Å². The molecule has 1 aliphatic heterocycles. The van der Waals surface area contributed by atoms with Crippen molar-refractivity contribution in [3.05, 3.63) is 65.2 Å². The zero-order valence-corrected chi connectivity index (χ0v) is 12.4. The molecule has 110 valence electrons. The minimum Gasteiger partial charge on any atom is -0.497 e. The molecule has 0 N–H and O–H groups in total. The van der Waals surface area contributed by atoms with Crippen LogP contribution < -0.4 is 4.74 Å². The molecule has 0 amide bonds. The van der Waals surface area contributed by atoms with Crippen LogP contribution in [-0.2, 0) is 9.47 Å². The van der Waals surface area contributed by atoms with Gasteiger partial charge in [0.15, 0.2) is 6.29 Å². The number of aryl methyl sites for hydroxylation is 1. The summed E-state index contributed by atoms with van der Waals surface area (Å²) in [5.74, 6) is 0.838. The molecule has 2 atom stereocenters. The Labute approximate surface area is 125 Å². The number of benzene rings is 2. The Morgan fingerprint density at radius 2 is 1.62 bits per heavy atom. The van der Waals surface area contributed by atoms with Crippen molar-refractivity contribution in [3.63, 3.8) is 0 Å². The standard InChI is InChI=1S/C18H20O3/c1-13-3-5-14(6-4-13)17-11-12-20-18(21-17)15-7-9-16(19-2)10-8-15/h3-10,17-18H,11-12H2,1-2H3. The molecule has 2 aromatic rings. The molecule has 0 saturated carbocycles. The van der Waals surface area contributed by atoms with E-state index in [1.807, 2.05) is 24.3 Å². The van der Waals surface area contributed by atoms with E-state index in [0.29, 0.717) is 6.61 Å². The summed E-state index contributed by atoms with van der Waals surface area (Å²) in [6, 6.07) is 16.3. The molecule has 1 aliphatic rings. The Balaban J connectivity index is 1.74. The van der Waals surface area contributed by atoms with Crippen molar-refractivity contribution >= 4 is 0 Å². The predicted molar refractivity (Wildman–Crippen MR) is 81.3 cm³/mol. The summed E-state index contributed by atoms with van der Waals surface area (Å²) in [4.78, 5) is 0. The first kappa shape index (κ1) is 14.1. The minimum atomic E-state index is -0.309. The molecule has 2 unspecified atom stereocenters. The van der Waals surface area contributed by atoms with Gasteiger partial charge < -0.3 is 14.2 Å². The zero-order chi connectivity index (χ0) is 14.7. The van der Waals surface area contributed by atoms with Crippen LogP contribution in [0, 0.1) is 6.92 Å². The Morgan fingerprint density at radius 3 is 2.29 bits per heavy atom. The fourth-order valence-electron chi connectivity index (χ4n) is 2.50. The Kier molecular flexibility index (Phi) is 4.23. The average Bonchev–Trinajstić information content (AvgIpc) is 2.56. The molecule has 3 rings (SSSR count). The second kappa shape index (κ2) is 6.29. The van der Waals surface area contributed by atoms with Gasteiger partial charge in [-0.1, -0.05) is 42.0 Å². The van der Waals surface area contributed by atoms with Crippen LogP contribution >= 0.6 is 0 Å². The summed E-state index contributed by atoms with van der Waals surface area (Å²) in [7, 11) is 1.66. The quantitative estimate of drug-likeness (QED) is 0.846. The maximum Gasteiger partial charge on any atom is 0.184 e. The number of rotatable bonds is 3. The van der Waals surface area contributed by atoms with Crippen LogP contribution in [-0.4, -0.2) is 13.7 Å². The van der Waals surface area contributed by atoms with Crippen LogP contribution in [0.25, 0.3) is 0 Å². The number of hydrogen-bond acceptors (Lipinski definition) is 3. The van der Waals surface area contributed by atoms with Crippen LogP contribution in [0.3, 0.4) is 0 Å². The van der Waals surface area contributed by atoms with Crippen molar-refractivity contribution in [2.45, 2.75) is 25.7 Å². The second-order valence-corrected chi connectivity index (χ2v) is 5.30. The first-order valence-corrected chi connectivity index (χ1v) is 7.24. The summed E-state index contributed by atoms with van der Waals surface area (Å²) in [6.45, 7) is 2.80. The van der Waals surface area contributed by atoms with E-state index in [-0.39, 0.29) is 12.4 Å². The Bertz CT molecular complexity index is 574. The second-order valence-electron chi connectivity index (χ2n) is 5.30. The summed E-state index contributed by atoms with van der Waals surface area (Å²) in [5.41, 5.74) is 3.49. The van der Waals surface area contributed by atoms with Crippen molar-refractivity contribution < 1.29 is 14.2 Å². The van der Waals surface area contributed by atoms with Gasteiger partial charge in [0.25, 0.3) is 0 Å². The lowest BCUT2D eigenvalue weighted by molar-refractivity contribution is -0.219. The lowest BCUT2D eigenvalue weighted by Gasteiger charge is -2.31. The van der Waals surface area contributed by atoms with E-state index in [2.05, 4.69) is 31.2 Å². The molecular weight excluding hydrogens is 264 g/mol. The lowest BCUT2D eigenvalue weighted by atomic mass is 10.0. The lowest BCUT2D eigenvalue weighted by Crippen LogP contribution is -2.21. The molecular formula is C18H20O3. The highest BCUT2D eigenvalue weighted by atomic mass is 16.7. The summed E-state index contributed by atoms with van der Waals surface area (Å²) in [6.07, 6.45) is 0.665. The van der Waals surface area contributed by atoms with Crippen LogP contribution in [0.1, 0.15) is 35.5 Å². The molecule has 1 heterocycles. The van der Waals surface area contributed by atoms with Gasteiger partial charge in [-0.3, -0.25) is 0 Å². The molecule has 21 heavy (non-hydrogen) atoms. The van der Waals surface area contributed by atoms with Crippen molar-refractivity contribution in [1.82, 2.24) is 0 Å². The third kappa shape index (κ3) is 3.26. The maximum absolute atomic E-state index is 6.11. The monoisotopic (exact) mass is 284 g/mol. The summed E-state index contributed by atoms with van der Waals surface area (Å²) in [5, 5.41) is 0. The smallest absolute Gasteiger partial charge is 0.184 e. The number of ether oxygens (including phenoxy) is 3. The summed E-state index contributed by atoms with van der Waals surface area (Å²) < 4.78 is 17.0. The first-order valence-electron chi connectivity index (χ1n) is 7.24. The molecule has 3 nitrogen and oxygen atoms in total. The zero-order valence-electron chi connectivity index (χ0n) is 12.4. The third-order valence-electron chi connectivity index (χ3n) is 3.77. The molecule has 1 saturated heterocycles. The van der Waals surface area contributed by atoms with Crippen molar-refractivity contribution in [1.29, 1.82) is 0 Å². The highest BCUT2D eigenvalue weighted by molar-refractivity contribution is 5.28. The summed E-state index contributed by atoms with van der Waals surface area (Å²) >= 11 is 0. The van der Waals surface area contributed by atoms with E-state index < -0.39 is 0 Å². The molecule has 0 aliphatic carbocycles. The Morgan fingerprint density at radius 1 is 0.952 bits per heavy atom. The van der Waals surface area contributed by atoms with E-state index >= 15 is 0 Å². The highest BCUT2D eigenvalue weighted by Crippen LogP contribution is 2.35. The van der Waals surface area contributed by atoms with Crippen LogP contribution in [0.5, 0.6) is 5.75 Å². The number of methoxy groups -OCH3 is 1. The van der Waals surface area contributed by atoms with Crippen LogP contribution in [0.15, 0.2) is 48.5 Å². The number of hydrogen-bond donors (Lipinski definition) is 0. The maximum atomic E-state index is 6.11. The minimum absolute atomic E-state index is 0.0893. The van der Waals surface area contributed by atoms with Crippen LogP contribution in [0.2, 0.25) is 0 Å². The van der Waals surface area contributed by atoms with Gasteiger partial charge in [-0.15, -0.1) is 0 Å². The van der Waals surface area contributed by atoms with Crippen molar-refractivity contribution in [2.24, 2.45) is 0 Å². The molecule has 3 heteroatoms. The fraction of sp³-hybridized carbons (Fsp3) is 0.333. The van der Waals surface area contributed by atoms with Crippen LogP contribution in [0.4, 0.5) is 0 Å². The van der Waals surface area contributed by atoms with Gasteiger partial charge in [0, 0.05) is 12.0 Å². The SMILES string of the molecule is COc1ccc(C2OCCC(c3ccc(C)cc3)O2)cc1. The molecule has 0 radical (unpaired) electrons. The molecule has 0 spiro atoms. The third-order valence-corrected chi connectivity index (χ3v) is 3.77. The van der Waals surface area contributed by atoms with E-state index in [9.17, 15) is 0 Å². The van der Waals surface area contributed by atoms with Gasteiger partial charge in [0.05, 0.1) is 19.8 Å². The fourth-order valence-corrected chi connectivity index (χ4v) is 2.50. The highest BCUT2D eigenvalue weighted by Gasteiger charge is 2.25. The predicted octanol–water partition coefficient (Wildman–Crippen LogP) is 4.18. The molecule has 0 bridgehead atoms. The van der Waals surface area contributed by atoms with E-state index in [0.717, 1.165) is 17.7 Å². The van der Waals surface area contributed by atoms with Gasteiger partial charge >= 0.3 is 0 Å². The van der Waals surface area contributed by atoms with Crippen molar-refractivity contribution in [3.8, 4) is 5.75 Å². The molecule has 2 aromatic carbocycles. The van der Waals surface area contributed by atoms with Gasteiger partial charge in [0.1, 0.15) is 5.75 Å². The van der Waals surface area contributed by atoms with E-state index in [4.69, 9.17) is 14.2 Å². The van der Waals surface area contributed by atoms with Crippen molar-refractivity contribution in [2.75, 3.05) is 13.7 Å². The van der Waals surface area contributed by atoms with Gasteiger partial charge in [0.2, 0.25) is 0 Å². The average molecular weight is 284 g/mol. The largest absolute Gasteiger partial charge is 0.497 e. The molecule has 1 fully saturated rings. The van der Waals surface area contributed by atoms with E-state index in [1.165, 1.54) is 11.1 Å². The molecule has 0 aromatic heterocycles. The topological polar surface area (TPSA) is 27.7 Å². The normalized spacial score (nSPS) is 22.0. The first-order chi connectivity index (χ1) is 10.3. The van der Waals surface area contributed by atoms with Gasteiger partial charge in [-0.2, -0.15) is 0 Å². The van der Waals surface area contributed by atoms with Gasteiger partial charge in [-0.05, 0) is 24.6 Å². The Hall–Kier alpha value is -1.84. The van der Waals surface area contributed by atoms with E-state index in [1.54, 1.807) is 7.11 Å².